The van der Waals surface area contributed by atoms with E-state index >= 15 is 0 Å². The maximum atomic E-state index is 13.0. The zero-order valence-electron chi connectivity index (χ0n) is 50.1. The summed E-state index contributed by atoms with van der Waals surface area (Å²) in [6.45, 7) is 4.75. The first-order chi connectivity index (χ1) is 36.0. The Labute approximate surface area is 461 Å². The van der Waals surface area contributed by atoms with Crippen molar-refractivity contribution in [1.29, 1.82) is 0 Å². The number of rotatable bonds is 60. The summed E-state index contributed by atoms with van der Waals surface area (Å²) in [4.78, 5) is 25.6. The van der Waals surface area contributed by atoms with Gasteiger partial charge in [-0.15, -0.1) is 0 Å². The van der Waals surface area contributed by atoms with Crippen molar-refractivity contribution in [1.82, 2.24) is 5.32 Å². The minimum atomic E-state index is -4.58. The number of carbonyl (C=O) groups is 1. The Hall–Kier alpha value is -1.28. The van der Waals surface area contributed by atoms with Gasteiger partial charge in [-0.2, -0.15) is 0 Å². The van der Waals surface area contributed by atoms with Crippen LogP contribution in [0.3, 0.4) is 0 Å². The Morgan fingerprint density at radius 3 is 1.14 bits per heavy atom. The van der Waals surface area contributed by atoms with E-state index in [1.54, 1.807) is 0 Å². The number of aliphatic hydroxyl groups is 1. The molecule has 9 heteroatoms. The highest BCUT2D eigenvalue weighted by Gasteiger charge is 2.24. The van der Waals surface area contributed by atoms with E-state index in [4.69, 9.17) is 9.05 Å². The summed E-state index contributed by atoms with van der Waals surface area (Å²) in [5.41, 5.74) is 0. The number of phosphoric acid groups is 1. The fourth-order valence-electron chi connectivity index (χ4n) is 9.82. The normalized spacial score (nSPS) is 14.0. The molecule has 0 aromatic heterocycles. The monoisotopic (exact) mass is 1060 g/mol. The lowest BCUT2D eigenvalue weighted by Gasteiger charge is -2.30. The second-order valence-corrected chi connectivity index (χ2v) is 24.9. The quantitative estimate of drug-likeness (QED) is 0.0272. The van der Waals surface area contributed by atoms with Crippen LogP contribution in [0.5, 0.6) is 0 Å². The number of hydrogen-bond acceptors (Lipinski definition) is 6. The van der Waals surface area contributed by atoms with Crippen molar-refractivity contribution >= 4 is 13.7 Å². The molecule has 74 heavy (non-hydrogen) atoms. The summed E-state index contributed by atoms with van der Waals surface area (Å²) >= 11 is 0. The van der Waals surface area contributed by atoms with Crippen molar-refractivity contribution in [3.05, 3.63) is 36.5 Å². The standard InChI is InChI=1S/C65H127N2O6P/c1-6-8-10-12-14-16-18-20-22-24-26-28-30-31-32-33-34-35-37-38-40-42-44-46-48-50-52-54-56-58-64(68)63(62-73-74(70,71)72-61-60-67(3,4)5)66-65(69)59-57-55-53-51-49-47-45-43-41-39-36-29-27-25-23-21-19-17-15-13-11-9-7-2/h19,21,25,27,36,39,63-64,68H,6-18,20,22-24,26,28-35,37-38,40-62H2,1-5H3,(H-,66,69,70,71)/b21-19-,27-25-,39-36-. The number of amides is 1. The van der Waals surface area contributed by atoms with Gasteiger partial charge in [0.1, 0.15) is 13.2 Å². The number of carbonyl (C=O) groups excluding carboxylic acids is 1. The number of allylic oxidation sites excluding steroid dienone is 6. The third-order valence-corrected chi connectivity index (χ3v) is 15.8. The van der Waals surface area contributed by atoms with E-state index in [2.05, 4.69) is 55.6 Å². The Morgan fingerprint density at radius 2 is 0.784 bits per heavy atom. The molecular formula is C65H127N2O6P. The first kappa shape index (κ1) is 72.7. The predicted octanol–water partition coefficient (Wildman–Crippen LogP) is 19.5. The van der Waals surface area contributed by atoms with Crippen LogP contribution in [0.1, 0.15) is 322 Å². The molecule has 0 fully saturated rings. The van der Waals surface area contributed by atoms with Crippen LogP contribution in [0.2, 0.25) is 0 Å². The molecule has 0 rings (SSSR count). The molecule has 0 aliphatic rings. The molecule has 0 aromatic carbocycles. The fourth-order valence-corrected chi connectivity index (χ4v) is 10.5. The van der Waals surface area contributed by atoms with Crippen molar-refractivity contribution in [2.75, 3.05) is 40.9 Å². The second kappa shape index (κ2) is 56.4. The minimum Gasteiger partial charge on any atom is -0.756 e. The molecule has 0 aliphatic carbocycles. The SMILES string of the molecule is CCCCCCC/C=C\C/C=C\C/C=C\CCCCCCCCCCC(=O)NC(COP(=O)([O-])OCC[N+](C)(C)C)C(O)CCCCCCCCCCCCCCCCCCCCCCCCCCCCCCC. The van der Waals surface area contributed by atoms with Crippen LogP contribution in [0, 0.1) is 0 Å². The van der Waals surface area contributed by atoms with Gasteiger partial charge >= 0.3 is 0 Å². The number of hydrogen-bond donors (Lipinski definition) is 2. The lowest BCUT2D eigenvalue weighted by Crippen LogP contribution is -2.46. The van der Waals surface area contributed by atoms with Crippen LogP contribution >= 0.6 is 7.82 Å². The predicted molar refractivity (Wildman–Crippen MR) is 321 cm³/mol. The Balaban J connectivity index is 4.09. The molecule has 0 aliphatic heterocycles. The van der Waals surface area contributed by atoms with E-state index in [1.165, 1.54) is 238 Å². The van der Waals surface area contributed by atoms with Crippen LogP contribution in [-0.2, 0) is 18.4 Å². The topological polar surface area (TPSA) is 108 Å². The van der Waals surface area contributed by atoms with E-state index < -0.39 is 20.0 Å². The van der Waals surface area contributed by atoms with Crippen LogP contribution in [0.4, 0.5) is 0 Å². The van der Waals surface area contributed by atoms with Gasteiger partial charge in [0.25, 0.3) is 7.82 Å². The van der Waals surface area contributed by atoms with Crippen molar-refractivity contribution < 1.29 is 32.9 Å². The Kier molecular flexibility index (Phi) is 55.5. The van der Waals surface area contributed by atoms with E-state index in [0.29, 0.717) is 23.9 Å². The lowest BCUT2D eigenvalue weighted by molar-refractivity contribution is -0.870. The van der Waals surface area contributed by atoms with E-state index in [1.807, 2.05) is 21.1 Å². The average Bonchev–Trinajstić information content (AvgIpc) is 3.36. The molecule has 8 nitrogen and oxygen atoms in total. The van der Waals surface area contributed by atoms with Gasteiger partial charge in [0, 0.05) is 6.42 Å². The average molecular weight is 1060 g/mol. The number of nitrogens with zero attached hydrogens (tertiary/aromatic N) is 1. The molecular weight excluding hydrogens is 936 g/mol. The van der Waals surface area contributed by atoms with Gasteiger partial charge in [-0.05, 0) is 51.4 Å². The molecule has 0 radical (unpaired) electrons. The zero-order valence-corrected chi connectivity index (χ0v) is 51.0. The first-order valence-electron chi connectivity index (χ1n) is 32.3. The van der Waals surface area contributed by atoms with Crippen LogP contribution < -0.4 is 10.2 Å². The van der Waals surface area contributed by atoms with Gasteiger partial charge in [0.05, 0.1) is 39.9 Å². The largest absolute Gasteiger partial charge is 0.756 e. The van der Waals surface area contributed by atoms with E-state index in [9.17, 15) is 19.4 Å². The number of likely N-dealkylation sites (N-methyl/N-ethyl adjacent to an activating group) is 1. The van der Waals surface area contributed by atoms with Gasteiger partial charge in [-0.3, -0.25) is 9.36 Å². The summed E-state index contributed by atoms with van der Waals surface area (Å²) in [6, 6.07) is -0.807. The van der Waals surface area contributed by atoms with Crippen LogP contribution in [0.15, 0.2) is 36.5 Å². The van der Waals surface area contributed by atoms with Crippen LogP contribution in [-0.4, -0.2) is 68.5 Å². The maximum Gasteiger partial charge on any atom is 0.268 e. The van der Waals surface area contributed by atoms with Crippen molar-refractivity contribution in [3.8, 4) is 0 Å². The maximum absolute atomic E-state index is 13.0. The molecule has 0 aromatic rings. The van der Waals surface area contributed by atoms with Gasteiger partial charge in [0.2, 0.25) is 5.91 Å². The third-order valence-electron chi connectivity index (χ3n) is 14.9. The summed E-state index contributed by atoms with van der Waals surface area (Å²) in [5, 5.41) is 14.1. The second-order valence-electron chi connectivity index (χ2n) is 23.5. The molecule has 3 atom stereocenters. The summed E-state index contributed by atoms with van der Waals surface area (Å²) in [6.07, 6.45) is 73.4. The molecule has 3 unspecified atom stereocenters. The fraction of sp³-hybridized carbons (Fsp3) is 0.892. The van der Waals surface area contributed by atoms with Crippen molar-refractivity contribution in [2.24, 2.45) is 0 Å². The summed E-state index contributed by atoms with van der Waals surface area (Å²) < 4.78 is 23.5. The number of aliphatic hydroxyl groups excluding tert-OH is 1. The number of nitrogens with one attached hydrogen (secondary N) is 1. The molecule has 1 amide bonds. The minimum absolute atomic E-state index is 0.0108. The molecule has 0 heterocycles. The molecule has 0 saturated carbocycles. The highest BCUT2D eigenvalue weighted by atomic mass is 31.2. The Morgan fingerprint density at radius 1 is 0.473 bits per heavy atom. The Bertz CT molecular complexity index is 1300. The smallest absolute Gasteiger partial charge is 0.268 e. The lowest BCUT2D eigenvalue weighted by atomic mass is 10.0. The van der Waals surface area contributed by atoms with Gasteiger partial charge < -0.3 is 28.8 Å². The van der Waals surface area contributed by atoms with E-state index in [0.717, 1.165) is 57.8 Å². The molecule has 438 valence electrons. The first-order valence-corrected chi connectivity index (χ1v) is 33.8. The number of phosphoric ester groups is 1. The summed E-state index contributed by atoms with van der Waals surface area (Å²) in [5.74, 6) is -0.168. The van der Waals surface area contributed by atoms with Gasteiger partial charge in [-0.25, -0.2) is 0 Å². The van der Waals surface area contributed by atoms with Crippen molar-refractivity contribution in [2.45, 2.75) is 334 Å². The number of quaternary nitrogens is 1. The van der Waals surface area contributed by atoms with Gasteiger partial charge in [0.15, 0.2) is 0 Å². The third kappa shape index (κ3) is 58.4. The van der Waals surface area contributed by atoms with Crippen LogP contribution in [0.25, 0.3) is 0 Å². The van der Waals surface area contributed by atoms with Gasteiger partial charge in [-0.1, -0.05) is 301 Å². The zero-order chi connectivity index (χ0) is 54.2. The highest BCUT2D eigenvalue weighted by Crippen LogP contribution is 2.38. The van der Waals surface area contributed by atoms with E-state index in [-0.39, 0.29) is 19.1 Å². The molecule has 0 spiro atoms. The molecule has 2 N–H and O–H groups in total. The van der Waals surface area contributed by atoms with Crippen molar-refractivity contribution in [3.63, 3.8) is 0 Å². The summed E-state index contributed by atoms with van der Waals surface area (Å²) in [7, 11) is 1.31. The highest BCUT2D eigenvalue weighted by molar-refractivity contribution is 7.45. The number of unbranched alkanes of at least 4 members (excludes halogenated alkanes) is 41. The molecule has 0 saturated heterocycles. The molecule has 0 bridgehead atoms.